The molecule has 0 saturated heterocycles. The number of nitrogens with one attached hydrogen (secondary N) is 1. The lowest BCUT2D eigenvalue weighted by atomic mass is 9.91. The molecule has 1 aromatic heterocycles. The van der Waals surface area contributed by atoms with Crippen molar-refractivity contribution in [1.82, 2.24) is 5.32 Å². The Morgan fingerprint density at radius 3 is 2.90 bits per heavy atom. The summed E-state index contributed by atoms with van der Waals surface area (Å²) in [5.74, 6) is 4.15. The Morgan fingerprint density at radius 2 is 2.10 bits per heavy atom. The van der Waals surface area contributed by atoms with Crippen LogP contribution in [0.4, 0.5) is 0 Å². The lowest BCUT2D eigenvalue weighted by molar-refractivity contribution is 0.264. The van der Waals surface area contributed by atoms with E-state index >= 15 is 0 Å². The van der Waals surface area contributed by atoms with Gasteiger partial charge in [0, 0.05) is 13.1 Å². The van der Waals surface area contributed by atoms with E-state index in [2.05, 4.69) is 46.9 Å². The highest BCUT2D eigenvalue weighted by atomic mass is 32.1. The zero-order valence-electron chi connectivity index (χ0n) is 12.2. The second-order valence-electron chi connectivity index (χ2n) is 5.13. The number of hydrogen-bond acceptors (Lipinski definition) is 3. The van der Waals surface area contributed by atoms with Crippen LogP contribution in [0.5, 0.6) is 5.75 Å². The van der Waals surface area contributed by atoms with Crippen molar-refractivity contribution in [3.8, 4) is 17.7 Å². The van der Waals surface area contributed by atoms with Gasteiger partial charge in [-0.1, -0.05) is 18.2 Å². The first-order chi connectivity index (χ1) is 10.4. The first-order valence-electron chi connectivity index (χ1n) is 7.36. The van der Waals surface area contributed by atoms with E-state index in [1.807, 2.05) is 13.1 Å². The van der Waals surface area contributed by atoms with E-state index in [1.54, 1.807) is 11.3 Å². The lowest BCUT2D eigenvalue weighted by Crippen LogP contribution is -2.10. The number of aryl methyl sites for hydroxylation is 1. The SMILES string of the molecule is CNC#C[C@@H](Oc1cccc2c1CCCC2)c1cccs1. The van der Waals surface area contributed by atoms with E-state index < -0.39 is 0 Å². The number of ether oxygens (including phenoxy) is 1. The average Bonchev–Trinajstić information content (AvgIpc) is 3.06. The maximum absolute atomic E-state index is 6.26. The molecule has 2 aromatic rings. The minimum absolute atomic E-state index is 0.203. The van der Waals surface area contributed by atoms with Gasteiger partial charge in [0.1, 0.15) is 5.75 Å². The maximum Gasteiger partial charge on any atom is 0.195 e. The number of hydrogen-bond donors (Lipinski definition) is 1. The van der Waals surface area contributed by atoms with Gasteiger partial charge in [-0.05, 0) is 60.2 Å². The van der Waals surface area contributed by atoms with E-state index in [-0.39, 0.29) is 6.10 Å². The van der Waals surface area contributed by atoms with Crippen LogP contribution >= 0.6 is 11.3 Å². The molecule has 1 atom stereocenters. The Morgan fingerprint density at radius 1 is 1.19 bits per heavy atom. The van der Waals surface area contributed by atoms with Crippen molar-refractivity contribution in [2.75, 3.05) is 7.05 Å². The van der Waals surface area contributed by atoms with Gasteiger partial charge < -0.3 is 10.1 Å². The van der Waals surface area contributed by atoms with Gasteiger partial charge in [-0.3, -0.25) is 0 Å². The summed E-state index contributed by atoms with van der Waals surface area (Å²) in [6.45, 7) is 0. The Balaban J connectivity index is 1.89. The molecule has 21 heavy (non-hydrogen) atoms. The van der Waals surface area contributed by atoms with Crippen molar-refractivity contribution in [2.45, 2.75) is 31.8 Å². The molecular formula is C18H19NOS. The van der Waals surface area contributed by atoms with E-state index in [0.717, 1.165) is 17.0 Å². The second-order valence-corrected chi connectivity index (χ2v) is 6.11. The van der Waals surface area contributed by atoms with Crippen molar-refractivity contribution >= 4 is 11.3 Å². The van der Waals surface area contributed by atoms with Crippen LogP contribution in [-0.4, -0.2) is 7.05 Å². The molecule has 1 aromatic carbocycles. The topological polar surface area (TPSA) is 21.3 Å². The van der Waals surface area contributed by atoms with Gasteiger partial charge in [-0.15, -0.1) is 11.3 Å². The smallest absolute Gasteiger partial charge is 0.195 e. The molecule has 108 valence electrons. The fourth-order valence-corrected chi connectivity index (χ4v) is 3.42. The largest absolute Gasteiger partial charge is 0.472 e. The highest BCUT2D eigenvalue weighted by Crippen LogP contribution is 2.33. The van der Waals surface area contributed by atoms with Crippen molar-refractivity contribution < 1.29 is 4.74 Å². The third kappa shape index (κ3) is 3.22. The van der Waals surface area contributed by atoms with E-state index in [9.17, 15) is 0 Å². The predicted molar refractivity (Wildman–Crippen MR) is 87.6 cm³/mol. The maximum atomic E-state index is 6.26. The summed E-state index contributed by atoms with van der Waals surface area (Å²) in [5.41, 5.74) is 2.81. The number of thiophene rings is 1. The van der Waals surface area contributed by atoms with Crippen LogP contribution in [0, 0.1) is 12.0 Å². The van der Waals surface area contributed by atoms with Crippen LogP contribution in [0.25, 0.3) is 0 Å². The van der Waals surface area contributed by atoms with Crippen LogP contribution in [0.3, 0.4) is 0 Å². The van der Waals surface area contributed by atoms with Gasteiger partial charge in [0.15, 0.2) is 6.10 Å². The molecule has 3 rings (SSSR count). The van der Waals surface area contributed by atoms with Crippen LogP contribution in [0.15, 0.2) is 35.7 Å². The highest BCUT2D eigenvalue weighted by molar-refractivity contribution is 7.10. The van der Waals surface area contributed by atoms with Gasteiger partial charge in [-0.25, -0.2) is 0 Å². The molecule has 0 saturated carbocycles. The first-order valence-corrected chi connectivity index (χ1v) is 8.24. The third-order valence-corrected chi connectivity index (χ3v) is 4.64. The summed E-state index contributed by atoms with van der Waals surface area (Å²) in [4.78, 5) is 1.14. The van der Waals surface area contributed by atoms with Gasteiger partial charge >= 0.3 is 0 Å². The third-order valence-electron chi connectivity index (χ3n) is 3.73. The zero-order valence-corrected chi connectivity index (χ0v) is 13.0. The van der Waals surface area contributed by atoms with Gasteiger partial charge in [-0.2, -0.15) is 0 Å². The average molecular weight is 297 g/mol. The van der Waals surface area contributed by atoms with Crippen LogP contribution in [0.1, 0.15) is 34.9 Å². The molecule has 0 unspecified atom stereocenters. The monoisotopic (exact) mass is 297 g/mol. The van der Waals surface area contributed by atoms with Crippen LogP contribution < -0.4 is 10.1 Å². The molecule has 0 amide bonds. The lowest BCUT2D eigenvalue weighted by Gasteiger charge is -2.21. The Labute approximate surface area is 130 Å². The molecule has 1 heterocycles. The standard InChI is InChI=1S/C18H19NOS/c1-19-12-11-17(18-10-5-13-21-18)20-16-9-4-7-14-6-2-3-8-15(14)16/h4-5,7,9-10,13,17,19H,2-3,6,8H2,1H3/t17-/m1/s1. The fourth-order valence-electron chi connectivity index (χ4n) is 2.72. The van der Waals surface area contributed by atoms with E-state index in [4.69, 9.17) is 4.74 Å². The molecule has 0 bridgehead atoms. The Kier molecular flexibility index (Phi) is 4.47. The molecule has 2 nitrogen and oxygen atoms in total. The van der Waals surface area contributed by atoms with E-state index in [0.29, 0.717) is 0 Å². The zero-order chi connectivity index (χ0) is 14.5. The summed E-state index contributed by atoms with van der Waals surface area (Å²) in [7, 11) is 1.82. The molecule has 1 N–H and O–H groups in total. The highest BCUT2D eigenvalue weighted by Gasteiger charge is 2.18. The Bertz CT molecular complexity index is 652. The molecule has 0 spiro atoms. The van der Waals surface area contributed by atoms with Crippen molar-refractivity contribution in [1.29, 1.82) is 0 Å². The normalized spacial score (nSPS) is 14.5. The minimum atomic E-state index is -0.203. The second kappa shape index (κ2) is 6.69. The van der Waals surface area contributed by atoms with Gasteiger partial charge in [0.2, 0.25) is 0 Å². The number of rotatable bonds is 3. The molecular weight excluding hydrogens is 278 g/mol. The minimum Gasteiger partial charge on any atom is -0.472 e. The van der Waals surface area contributed by atoms with Crippen LogP contribution in [-0.2, 0) is 12.8 Å². The number of fused-ring (bicyclic) bond motifs is 1. The van der Waals surface area contributed by atoms with Crippen molar-refractivity contribution in [3.63, 3.8) is 0 Å². The molecule has 1 aliphatic carbocycles. The number of benzene rings is 1. The summed E-state index contributed by atoms with van der Waals surface area (Å²) in [6.07, 6.45) is 4.61. The molecule has 3 heteroatoms. The van der Waals surface area contributed by atoms with Crippen molar-refractivity contribution in [3.05, 3.63) is 51.7 Å². The summed E-state index contributed by atoms with van der Waals surface area (Å²) in [5, 5.41) is 4.93. The molecule has 1 aliphatic rings. The predicted octanol–water partition coefficient (Wildman–Crippen LogP) is 3.93. The molecule has 0 fully saturated rings. The summed E-state index contributed by atoms with van der Waals surface area (Å²) in [6, 6.07) is 13.4. The summed E-state index contributed by atoms with van der Waals surface area (Å²) < 4.78 is 6.26. The first kappa shape index (κ1) is 14.0. The summed E-state index contributed by atoms with van der Waals surface area (Å²) >= 11 is 1.68. The molecule has 0 aliphatic heterocycles. The van der Waals surface area contributed by atoms with Crippen LogP contribution in [0.2, 0.25) is 0 Å². The van der Waals surface area contributed by atoms with Gasteiger partial charge in [0.05, 0.1) is 4.88 Å². The van der Waals surface area contributed by atoms with Crippen molar-refractivity contribution in [2.24, 2.45) is 0 Å². The molecule has 0 radical (unpaired) electrons. The quantitative estimate of drug-likeness (QED) is 0.684. The van der Waals surface area contributed by atoms with E-state index in [1.165, 1.54) is 30.4 Å². The fraction of sp³-hybridized carbons (Fsp3) is 0.333. The van der Waals surface area contributed by atoms with Gasteiger partial charge in [0.25, 0.3) is 0 Å². The Hall–Kier alpha value is -1.92.